The van der Waals surface area contributed by atoms with Gasteiger partial charge in [-0.1, -0.05) is 6.92 Å². The number of nitrogen functional groups attached to an aromatic ring is 1. The number of aryl methyl sites for hydroxylation is 1. The minimum absolute atomic E-state index is 0. The van der Waals surface area contributed by atoms with Crippen LogP contribution in [0.5, 0.6) is 0 Å². The smallest absolute Gasteiger partial charge is 0.383 e. The van der Waals surface area contributed by atoms with E-state index in [1.165, 1.54) is 29.7 Å². The number of aldehydes is 1. The average Bonchev–Trinajstić information content (AvgIpc) is 2.89. The second-order valence-corrected chi connectivity index (χ2v) is 4.65. The van der Waals surface area contributed by atoms with Crippen LogP contribution >= 0.6 is 0 Å². The third-order valence-electron chi connectivity index (χ3n) is 3.39. The number of aromatic nitrogens is 1. The van der Waals surface area contributed by atoms with Gasteiger partial charge in [0.15, 0.2) is 0 Å². The van der Waals surface area contributed by atoms with Gasteiger partial charge < -0.3 is 22.7 Å². The van der Waals surface area contributed by atoms with Gasteiger partial charge in [0.25, 0.3) is 0 Å². The first-order chi connectivity index (χ1) is 8.77. The van der Waals surface area contributed by atoms with Gasteiger partial charge in [0, 0.05) is 17.7 Å². The van der Waals surface area contributed by atoms with E-state index in [0.29, 0.717) is 18.8 Å². The van der Waals surface area contributed by atoms with Crippen LogP contribution in [-0.2, 0) is 35.6 Å². The van der Waals surface area contributed by atoms with Crippen molar-refractivity contribution in [1.82, 2.24) is 4.98 Å². The van der Waals surface area contributed by atoms with E-state index in [0.717, 1.165) is 31.3 Å². The maximum Gasteiger partial charge on any atom is 1.00 e. The van der Waals surface area contributed by atoms with Crippen LogP contribution in [0, 0.1) is 7.43 Å². The molecule has 0 atom stereocenters. The van der Waals surface area contributed by atoms with E-state index in [4.69, 9.17) is 10.5 Å². The first-order valence-corrected chi connectivity index (χ1v) is 6.58. The van der Waals surface area contributed by atoms with E-state index < -0.39 is 0 Å². The van der Waals surface area contributed by atoms with Crippen molar-refractivity contribution < 1.29 is 78.4 Å². The number of anilines is 1. The van der Waals surface area contributed by atoms with Gasteiger partial charge >= 0.3 is 68.9 Å². The molecule has 5 heteroatoms. The molecule has 0 bridgehead atoms. The number of ether oxygens (including phenoxy) is 1. The predicted octanol–water partition coefficient (Wildman–Crippen LogP) is -0.378. The summed E-state index contributed by atoms with van der Waals surface area (Å²) in [5, 5.41) is 0. The monoisotopic (exact) mass is 396 g/mol. The molecule has 0 amide bonds. The van der Waals surface area contributed by atoms with E-state index in [9.17, 15) is 4.79 Å². The van der Waals surface area contributed by atoms with Crippen LogP contribution in [0.2, 0.25) is 0 Å². The molecule has 2 aliphatic rings. The third-order valence-corrected chi connectivity index (χ3v) is 3.39. The van der Waals surface area contributed by atoms with Crippen LogP contribution in [0.4, 0.5) is 5.82 Å². The van der Waals surface area contributed by atoms with Crippen molar-refractivity contribution in [1.29, 1.82) is 0 Å². The van der Waals surface area contributed by atoms with Gasteiger partial charge in [0.1, 0.15) is 12.1 Å². The van der Waals surface area contributed by atoms with E-state index in [2.05, 4.69) is 4.98 Å². The molecule has 0 saturated heterocycles. The molecule has 0 aromatic carbocycles. The SMILES string of the molecule is CCC=O.Nc1nc2c(c3c1COC3)CCCC2.[CH3-].[Cs+]. The predicted molar refractivity (Wildman–Crippen MR) is 76.6 cm³/mol. The molecule has 0 spiro atoms. The molecule has 2 N–H and O–H groups in total. The van der Waals surface area contributed by atoms with Crippen molar-refractivity contribution in [3.05, 3.63) is 29.8 Å². The number of carbonyl (C=O) groups is 1. The number of nitrogens with two attached hydrogens (primary N) is 1. The molecule has 106 valence electrons. The zero-order valence-corrected chi connectivity index (χ0v) is 19.1. The van der Waals surface area contributed by atoms with Crippen molar-refractivity contribution in [2.45, 2.75) is 52.2 Å². The molecule has 3 rings (SSSR count). The number of pyridine rings is 1. The number of rotatable bonds is 1. The Bertz CT molecular complexity index is 450. The van der Waals surface area contributed by atoms with Gasteiger partial charge in [0.2, 0.25) is 0 Å². The van der Waals surface area contributed by atoms with Crippen LogP contribution < -0.4 is 74.6 Å². The Morgan fingerprint density at radius 1 is 1.20 bits per heavy atom. The normalized spacial score (nSPS) is 14.7. The summed E-state index contributed by atoms with van der Waals surface area (Å²) in [6, 6.07) is 0. The van der Waals surface area contributed by atoms with Crippen molar-refractivity contribution in [2.24, 2.45) is 0 Å². The minimum Gasteiger partial charge on any atom is -0.383 e. The summed E-state index contributed by atoms with van der Waals surface area (Å²) in [4.78, 5) is 13.7. The van der Waals surface area contributed by atoms with Gasteiger partial charge in [0.05, 0.1) is 13.2 Å². The number of hydrogen-bond donors (Lipinski definition) is 1. The molecule has 1 aromatic rings. The van der Waals surface area contributed by atoms with Crippen LogP contribution in [0.1, 0.15) is 48.6 Å². The largest absolute Gasteiger partial charge is 1.00 e. The Balaban J connectivity index is 0.000000542. The molecule has 0 saturated carbocycles. The molecule has 1 aliphatic heterocycles. The number of carbonyl (C=O) groups excluding carboxylic acids is 1. The quantitative estimate of drug-likeness (QED) is 0.520. The Morgan fingerprint density at radius 3 is 2.45 bits per heavy atom. The molecule has 1 aromatic heterocycles. The Morgan fingerprint density at radius 2 is 1.80 bits per heavy atom. The second kappa shape index (κ2) is 10.4. The standard InChI is InChI=1S/C11H14N2O.C3H6O.CH3.Cs/c12-11-9-6-14-5-8(9)7-3-1-2-4-10(7)13-11;1-2-3-4;;/h1-6H2,(H2,12,13);3H,2H2,1H3;1H3;/q;;-1;+1. The molecular formula is C15H23CsN2O2. The average molecular weight is 396 g/mol. The maximum atomic E-state index is 9.17. The van der Waals surface area contributed by atoms with E-state index in [1.54, 1.807) is 0 Å². The maximum absolute atomic E-state index is 9.17. The Hall–Kier alpha value is 0.632. The third kappa shape index (κ3) is 4.83. The number of fused-ring (bicyclic) bond motifs is 3. The Labute approximate surface area is 180 Å². The fraction of sp³-hybridized carbons (Fsp3) is 0.533. The number of hydrogen-bond acceptors (Lipinski definition) is 4. The van der Waals surface area contributed by atoms with E-state index in [1.807, 2.05) is 6.92 Å². The zero-order chi connectivity index (χ0) is 13.0. The Kier molecular flexibility index (Phi) is 10.7. The van der Waals surface area contributed by atoms with Crippen molar-refractivity contribution in [3.8, 4) is 0 Å². The molecule has 4 nitrogen and oxygen atoms in total. The molecule has 0 radical (unpaired) electrons. The van der Waals surface area contributed by atoms with Gasteiger partial charge in [-0.05, 0) is 36.8 Å². The molecular weight excluding hydrogens is 373 g/mol. The van der Waals surface area contributed by atoms with Gasteiger partial charge in [-0.25, -0.2) is 4.98 Å². The van der Waals surface area contributed by atoms with Crippen molar-refractivity contribution in [2.75, 3.05) is 5.73 Å². The van der Waals surface area contributed by atoms with Crippen molar-refractivity contribution >= 4 is 12.1 Å². The second-order valence-electron chi connectivity index (χ2n) is 4.65. The summed E-state index contributed by atoms with van der Waals surface area (Å²) >= 11 is 0. The summed E-state index contributed by atoms with van der Waals surface area (Å²) in [6.07, 6.45) is 6.30. The molecule has 20 heavy (non-hydrogen) atoms. The van der Waals surface area contributed by atoms with Crippen LogP contribution in [0.25, 0.3) is 0 Å². The molecule has 0 fully saturated rings. The van der Waals surface area contributed by atoms with E-state index >= 15 is 0 Å². The van der Waals surface area contributed by atoms with Crippen LogP contribution in [0.15, 0.2) is 0 Å². The van der Waals surface area contributed by atoms with Gasteiger partial charge in [-0.3, -0.25) is 0 Å². The minimum atomic E-state index is 0. The van der Waals surface area contributed by atoms with Crippen LogP contribution in [0.3, 0.4) is 0 Å². The van der Waals surface area contributed by atoms with Gasteiger partial charge in [-0.2, -0.15) is 0 Å². The van der Waals surface area contributed by atoms with Crippen molar-refractivity contribution in [3.63, 3.8) is 0 Å². The van der Waals surface area contributed by atoms with E-state index in [-0.39, 0.29) is 76.3 Å². The summed E-state index contributed by atoms with van der Waals surface area (Å²) in [7, 11) is 0. The first-order valence-electron chi connectivity index (χ1n) is 6.58. The topological polar surface area (TPSA) is 65.2 Å². The molecule has 0 unspecified atom stereocenters. The zero-order valence-electron chi connectivity index (χ0n) is 12.9. The summed E-state index contributed by atoms with van der Waals surface area (Å²) in [5.41, 5.74) is 11.0. The van der Waals surface area contributed by atoms with Crippen LogP contribution in [-0.4, -0.2) is 11.3 Å². The summed E-state index contributed by atoms with van der Waals surface area (Å²) < 4.78 is 5.44. The first kappa shape index (κ1) is 20.6. The fourth-order valence-electron chi connectivity index (χ4n) is 2.48. The summed E-state index contributed by atoms with van der Waals surface area (Å²) in [6.45, 7) is 3.21. The fourth-order valence-corrected chi connectivity index (χ4v) is 2.48. The molecule has 2 heterocycles. The number of nitrogens with zero attached hydrogens (tertiary/aromatic N) is 1. The van der Waals surface area contributed by atoms with Gasteiger partial charge in [-0.15, -0.1) is 0 Å². The molecule has 1 aliphatic carbocycles. The summed E-state index contributed by atoms with van der Waals surface area (Å²) in [5.74, 6) is 0.693.